The van der Waals surface area contributed by atoms with Crippen molar-refractivity contribution in [1.82, 2.24) is 4.90 Å². The van der Waals surface area contributed by atoms with Crippen molar-refractivity contribution < 1.29 is 33.8 Å². The number of fused-ring (bicyclic) bond motifs is 4. The Morgan fingerprint density at radius 1 is 0.725 bits per heavy atom. The Morgan fingerprint density at radius 2 is 1.32 bits per heavy atom. The molecule has 0 aliphatic carbocycles. The quantitative estimate of drug-likeness (QED) is 0.115. The van der Waals surface area contributed by atoms with Crippen LogP contribution in [-0.4, -0.2) is 68.1 Å². The number of carbonyl (C=O) groups is 4. The first-order valence-corrected chi connectivity index (χ1v) is 27.1. The van der Waals surface area contributed by atoms with E-state index in [0.29, 0.717) is 49.2 Å². The number of methoxy groups -OCH3 is 1. The van der Waals surface area contributed by atoms with E-state index < -0.39 is 25.7 Å². The minimum atomic E-state index is -2.67. The predicted molar refractivity (Wildman–Crippen MR) is 271 cm³/mol. The molecule has 4 amide bonds. The lowest BCUT2D eigenvalue weighted by atomic mass is 9.82. The molecule has 0 radical (unpaired) electrons. The highest BCUT2D eigenvalue weighted by Crippen LogP contribution is 2.61. The number of aliphatic hydroxyl groups excluding tert-OH is 1. The van der Waals surface area contributed by atoms with Crippen LogP contribution in [0.2, 0.25) is 18.6 Å². The van der Waals surface area contributed by atoms with Crippen LogP contribution < -0.4 is 24.6 Å². The van der Waals surface area contributed by atoms with Crippen LogP contribution in [0, 0.1) is 5.92 Å². The van der Waals surface area contributed by atoms with Crippen molar-refractivity contribution >= 4 is 65.3 Å². The van der Waals surface area contributed by atoms with Gasteiger partial charge in [-0.2, -0.15) is 0 Å². The average Bonchev–Trinajstić information content (AvgIpc) is 3.79. The predicted octanol–water partition coefficient (Wildman–Crippen LogP) is 9.09. The summed E-state index contributed by atoms with van der Waals surface area (Å²) in [5.41, 5.74) is 6.67. The second kappa shape index (κ2) is 18.6. The summed E-state index contributed by atoms with van der Waals surface area (Å²) in [5.74, 6) is -0.0893. The second-order valence-corrected chi connectivity index (χ2v) is 24.0. The van der Waals surface area contributed by atoms with Crippen LogP contribution in [-0.2, 0) is 55.4 Å². The minimum Gasteiger partial charge on any atom is -0.497 e. The molecule has 0 unspecified atom stereocenters. The Labute approximate surface area is 404 Å². The van der Waals surface area contributed by atoms with E-state index in [4.69, 9.17) is 9.47 Å². The van der Waals surface area contributed by atoms with E-state index in [0.717, 1.165) is 50.3 Å². The number of aryl methyl sites for hydroxylation is 2. The lowest BCUT2D eigenvalue weighted by Gasteiger charge is -2.37. The summed E-state index contributed by atoms with van der Waals surface area (Å²) in [5, 5.41) is 11.4. The first-order chi connectivity index (χ1) is 33.4. The minimum absolute atomic E-state index is 0.00369. The normalized spacial score (nSPS) is 20.8. The van der Waals surface area contributed by atoms with Gasteiger partial charge in [0.1, 0.15) is 5.75 Å². The molecule has 0 aromatic heterocycles. The molecule has 12 heteroatoms. The Morgan fingerprint density at radius 3 is 1.94 bits per heavy atom. The van der Waals surface area contributed by atoms with Gasteiger partial charge in [0.25, 0.3) is 5.91 Å². The Hall–Kier alpha value is -6.86. The van der Waals surface area contributed by atoms with Gasteiger partial charge in [0, 0.05) is 48.8 Å². The van der Waals surface area contributed by atoms with Crippen LogP contribution in [0.4, 0.5) is 28.4 Å². The second-order valence-electron chi connectivity index (χ2n) is 19.4. The standard InChI is InChI=1S/C57H58N4O7Si/c1-38-55(69(3,4)46-27-25-45(67-2)26-28-46)51(35-54(65)58(32-33-62)36-39-12-6-5-7-13-39)68-57(38)47-34-44(61-49-17-11-9-15-42(49)21-31-53(61)64)24-29-50(47)59(56(57)66)37-40-18-22-43(23-19-40)60-48-16-10-8-14-41(48)20-30-52(60)63/h5-19,22-29,34,38,51,55,62H,20-21,30-33,35-37H2,1-4H3/t38-,51+,55-,57+/m0/s1. The molecule has 1 fully saturated rings. The van der Waals surface area contributed by atoms with Gasteiger partial charge in [0.15, 0.2) is 5.60 Å². The highest BCUT2D eigenvalue weighted by molar-refractivity contribution is 6.91. The third-order valence-corrected chi connectivity index (χ3v) is 19.5. The molecule has 6 aromatic carbocycles. The van der Waals surface area contributed by atoms with Crippen molar-refractivity contribution in [1.29, 1.82) is 0 Å². The van der Waals surface area contributed by atoms with Crippen molar-refractivity contribution in [3.63, 3.8) is 0 Å². The third-order valence-electron chi connectivity index (χ3n) is 15.1. The summed E-state index contributed by atoms with van der Waals surface area (Å²) < 4.78 is 13.0. The van der Waals surface area contributed by atoms with E-state index in [1.165, 1.54) is 0 Å². The first-order valence-electron chi connectivity index (χ1n) is 24.0. The number of hydrogen-bond acceptors (Lipinski definition) is 7. The van der Waals surface area contributed by atoms with Gasteiger partial charge in [0.05, 0.1) is 57.9 Å². The summed E-state index contributed by atoms with van der Waals surface area (Å²) in [6.07, 6.45) is 1.43. The number of nitrogens with zero attached hydrogens (tertiary/aromatic N) is 4. The number of anilines is 5. The Bertz CT molecular complexity index is 2930. The summed E-state index contributed by atoms with van der Waals surface area (Å²) in [4.78, 5) is 65.1. The maximum atomic E-state index is 16.0. The van der Waals surface area contributed by atoms with E-state index in [9.17, 15) is 19.5 Å². The molecule has 4 heterocycles. The fourth-order valence-corrected chi connectivity index (χ4v) is 15.7. The van der Waals surface area contributed by atoms with Crippen molar-refractivity contribution in [2.45, 2.75) is 82.5 Å². The lowest BCUT2D eigenvalue weighted by Crippen LogP contribution is -2.52. The van der Waals surface area contributed by atoms with Gasteiger partial charge < -0.3 is 24.4 Å². The van der Waals surface area contributed by atoms with Gasteiger partial charge in [-0.05, 0) is 95.2 Å². The topological polar surface area (TPSA) is 120 Å². The van der Waals surface area contributed by atoms with Gasteiger partial charge in [-0.25, -0.2) is 0 Å². The van der Waals surface area contributed by atoms with Gasteiger partial charge in [-0.15, -0.1) is 0 Å². The van der Waals surface area contributed by atoms with Crippen molar-refractivity contribution in [2.24, 2.45) is 5.92 Å². The number of ether oxygens (including phenoxy) is 2. The number of amides is 4. The summed E-state index contributed by atoms with van der Waals surface area (Å²) in [6.45, 7) is 7.15. The molecular weight excluding hydrogens is 881 g/mol. The Balaban J connectivity index is 1.07. The fraction of sp³-hybridized carbons (Fsp3) is 0.298. The van der Waals surface area contributed by atoms with Gasteiger partial charge in [-0.3, -0.25) is 29.0 Å². The zero-order chi connectivity index (χ0) is 48.0. The third kappa shape index (κ3) is 8.13. The Kier molecular flexibility index (Phi) is 12.3. The largest absolute Gasteiger partial charge is 0.497 e. The van der Waals surface area contributed by atoms with E-state index in [2.05, 4.69) is 44.3 Å². The van der Waals surface area contributed by atoms with E-state index in [-0.39, 0.29) is 55.3 Å². The molecule has 4 aliphatic heterocycles. The number of para-hydroxylation sites is 2. The number of rotatable bonds is 13. The summed E-state index contributed by atoms with van der Waals surface area (Å²) in [7, 11) is -1.02. The number of benzene rings is 6. The maximum Gasteiger partial charge on any atom is 0.264 e. The van der Waals surface area contributed by atoms with Gasteiger partial charge in [-0.1, -0.05) is 116 Å². The summed E-state index contributed by atoms with van der Waals surface area (Å²) >= 11 is 0. The van der Waals surface area contributed by atoms with Crippen molar-refractivity contribution in [2.75, 3.05) is 35.0 Å². The zero-order valence-electron chi connectivity index (χ0n) is 39.6. The highest BCUT2D eigenvalue weighted by atomic mass is 28.3. The van der Waals surface area contributed by atoms with Gasteiger partial charge in [0.2, 0.25) is 17.7 Å². The molecular formula is C57H58N4O7Si. The molecule has 1 spiro atoms. The van der Waals surface area contributed by atoms with Crippen LogP contribution in [0.25, 0.3) is 0 Å². The fourth-order valence-electron chi connectivity index (χ4n) is 11.7. The molecule has 11 nitrogen and oxygen atoms in total. The zero-order valence-corrected chi connectivity index (χ0v) is 40.6. The van der Waals surface area contributed by atoms with Crippen molar-refractivity contribution in [3.05, 3.63) is 173 Å². The molecule has 1 N–H and O–H groups in total. The number of aliphatic hydroxyl groups is 1. The van der Waals surface area contributed by atoms with Crippen LogP contribution >= 0.6 is 0 Å². The average molecular weight is 939 g/mol. The molecule has 1 saturated heterocycles. The molecule has 352 valence electrons. The molecule has 69 heavy (non-hydrogen) atoms. The number of carbonyl (C=O) groups excluding carboxylic acids is 4. The van der Waals surface area contributed by atoms with Crippen LogP contribution in [0.1, 0.15) is 54.0 Å². The smallest absolute Gasteiger partial charge is 0.264 e. The molecule has 10 rings (SSSR count). The van der Waals surface area contributed by atoms with E-state index in [1.54, 1.807) is 26.7 Å². The molecule has 4 aliphatic rings. The van der Waals surface area contributed by atoms with Gasteiger partial charge >= 0.3 is 0 Å². The maximum absolute atomic E-state index is 16.0. The molecule has 6 aromatic rings. The van der Waals surface area contributed by atoms with Crippen molar-refractivity contribution in [3.8, 4) is 5.75 Å². The highest BCUT2D eigenvalue weighted by Gasteiger charge is 2.66. The van der Waals surface area contributed by atoms with Crippen LogP contribution in [0.5, 0.6) is 5.75 Å². The van der Waals surface area contributed by atoms with E-state index in [1.807, 2.05) is 121 Å². The van der Waals surface area contributed by atoms with Crippen LogP contribution in [0.3, 0.4) is 0 Å². The molecule has 0 bridgehead atoms. The molecule has 0 saturated carbocycles. The summed E-state index contributed by atoms with van der Waals surface area (Å²) in [6, 6.07) is 47.5. The number of hydrogen-bond donors (Lipinski definition) is 1. The first kappa shape index (κ1) is 45.9. The SMILES string of the molecule is COc1ccc([Si](C)(C)[C@@H]2[C@@H](CC(=O)N(CCO)Cc3ccccc3)O[C@]3(C(=O)N(Cc4ccc(N5C(=O)CCc6ccccc65)cc4)c4ccc(N5C(=O)CCc6ccccc65)cc43)[C@H]2C)cc1. The lowest BCUT2D eigenvalue weighted by molar-refractivity contribution is -0.150. The molecule has 4 atom stereocenters. The van der Waals surface area contributed by atoms with Crippen LogP contribution in [0.15, 0.2) is 146 Å². The monoisotopic (exact) mass is 938 g/mol. The van der Waals surface area contributed by atoms with E-state index >= 15 is 4.79 Å².